The predicted octanol–water partition coefficient (Wildman–Crippen LogP) is 2.62. The van der Waals surface area contributed by atoms with Crippen LogP contribution in [-0.2, 0) is 6.42 Å². The summed E-state index contributed by atoms with van der Waals surface area (Å²) in [7, 11) is 0. The first-order chi connectivity index (χ1) is 7.70. The fraction of sp³-hybridized carbons (Fsp3) is 0.692. The lowest BCUT2D eigenvalue weighted by Gasteiger charge is -2.33. The maximum atomic E-state index is 5.82. The first-order valence-corrected chi connectivity index (χ1v) is 6.36. The normalized spacial score (nSPS) is 31.5. The van der Waals surface area contributed by atoms with Gasteiger partial charge in [0.2, 0.25) is 5.95 Å². The molecule has 16 heavy (non-hydrogen) atoms. The SMILES string of the molecule is CCC1c2nc(N)nc3c2C(CC3)CC1C. The van der Waals surface area contributed by atoms with E-state index in [1.807, 2.05) is 0 Å². The van der Waals surface area contributed by atoms with Crippen LogP contribution in [0.1, 0.15) is 61.9 Å². The lowest BCUT2D eigenvalue weighted by atomic mass is 9.73. The van der Waals surface area contributed by atoms with Crippen LogP contribution in [0.4, 0.5) is 5.95 Å². The van der Waals surface area contributed by atoms with Crippen molar-refractivity contribution in [2.24, 2.45) is 5.92 Å². The Balaban J connectivity index is 2.18. The number of nitrogens with two attached hydrogens (primary N) is 1. The first kappa shape index (κ1) is 10.1. The van der Waals surface area contributed by atoms with Gasteiger partial charge in [0.25, 0.3) is 0 Å². The number of nitrogens with zero attached hydrogens (tertiary/aromatic N) is 2. The molecule has 0 aromatic carbocycles. The Hall–Kier alpha value is -1.12. The fourth-order valence-electron chi connectivity index (χ4n) is 3.64. The molecule has 0 spiro atoms. The van der Waals surface area contributed by atoms with E-state index < -0.39 is 0 Å². The van der Waals surface area contributed by atoms with Crippen molar-refractivity contribution in [2.75, 3.05) is 5.73 Å². The van der Waals surface area contributed by atoms with E-state index in [4.69, 9.17) is 5.73 Å². The maximum Gasteiger partial charge on any atom is 0.220 e. The molecule has 0 aliphatic heterocycles. The summed E-state index contributed by atoms with van der Waals surface area (Å²) in [5.74, 6) is 2.52. The Kier molecular flexibility index (Phi) is 2.16. The Morgan fingerprint density at radius 2 is 2.19 bits per heavy atom. The third-order valence-electron chi connectivity index (χ3n) is 4.34. The summed E-state index contributed by atoms with van der Waals surface area (Å²) in [6.07, 6.45) is 4.83. The predicted molar refractivity (Wildman–Crippen MR) is 64.3 cm³/mol. The molecule has 0 saturated heterocycles. The van der Waals surface area contributed by atoms with E-state index in [-0.39, 0.29) is 0 Å². The molecule has 1 aromatic heterocycles. The van der Waals surface area contributed by atoms with Gasteiger partial charge in [0.1, 0.15) is 0 Å². The molecule has 0 saturated carbocycles. The molecule has 3 rings (SSSR count). The quantitative estimate of drug-likeness (QED) is 0.786. The Bertz CT molecular complexity index is 427. The number of nitrogen functional groups attached to an aromatic ring is 1. The third kappa shape index (κ3) is 1.27. The largest absolute Gasteiger partial charge is 0.368 e. The number of hydrogen-bond donors (Lipinski definition) is 1. The molecule has 3 heteroatoms. The average molecular weight is 217 g/mol. The molecule has 3 atom stereocenters. The second kappa shape index (κ2) is 3.44. The minimum atomic E-state index is 0.474. The van der Waals surface area contributed by atoms with Crippen LogP contribution in [0.5, 0.6) is 0 Å². The highest BCUT2D eigenvalue weighted by Crippen LogP contribution is 2.49. The van der Waals surface area contributed by atoms with Crippen molar-refractivity contribution in [3.05, 3.63) is 17.0 Å². The van der Waals surface area contributed by atoms with Crippen LogP contribution >= 0.6 is 0 Å². The van der Waals surface area contributed by atoms with Gasteiger partial charge < -0.3 is 5.73 Å². The van der Waals surface area contributed by atoms with Gasteiger partial charge in [0.05, 0.1) is 5.69 Å². The maximum absolute atomic E-state index is 5.82. The molecular formula is C13H19N3. The zero-order valence-corrected chi connectivity index (χ0v) is 10.0. The number of hydrogen-bond acceptors (Lipinski definition) is 3. The Morgan fingerprint density at radius 3 is 2.94 bits per heavy atom. The van der Waals surface area contributed by atoms with Crippen molar-refractivity contribution < 1.29 is 0 Å². The summed E-state index contributed by atoms with van der Waals surface area (Å²) in [6, 6.07) is 0. The first-order valence-electron chi connectivity index (χ1n) is 6.36. The van der Waals surface area contributed by atoms with Gasteiger partial charge in [-0.25, -0.2) is 9.97 Å². The van der Waals surface area contributed by atoms with Gasteiger partial charge in [-0.15, -0.1) is 0 Å². The number of rotatable bonds is 1. The van der Waals surface area contributed by atoms with E-state index in [1.54, 1.807) is 0 Å². The third-order valence-corrected chi connectivity index (χ3v) is 4.34. The summed E-state index contributed by atoms with van der Waals surface area (Å²) in [5.41, 5.74) is 9.78. The van der Waals surface area contributed by atoms with Crippen LogP contribution in [-0.4, -0.2) is 9.97 Å². The van der Waals surface area contributed by atoms with E-state index in [1.165, 1.54) is 29.8 Å². The molecule has 2 N–H and O–H groups in total. The number of anilines is 1. The summed E-state index contributed by atoms with van der Waals surface area (Å²) in [4.78, 5) is 8.94. The van der Waals surface area contributed by atoms with Crippen LogP contribution in [0, 0.1) is 5.92 Å². The molecule has 2 aliphatic carbocycles. The molecule has 86 valence electrons. The Morgan fingerprint density at radius 1 is 1.38 bits per heavy atom. The highest BCUT2D eigenvalue weighted by atomic mass is 15.0. The highest BCUT2D eigenvalue weighted by molar-refractivity contribution is 5.42. The highest BCUT2D eigenvalue weighted by Gasteiger charge is 2.38. The van der Waals surface area contributed by atoms with Gasteiger partial charge >= 0.3 is 0 Å². The van der Waals surface area contributed by atoms with Crippen LogP contribution in [0.15, 0.2) is 0 Å². The Labute approximate surface area is 96.5 Å². The molecule has 2 aliphatic rings. The molecule has 0 bridgehead atoms. The molecule has 3 nitrogen and oxygen atoms in total. The molecule has 0 amide bonds. The second-order valence-corrected chi connectivity index (χ2v) is 5.29. The summed E-state index contributed by atoms with van der Waals surface area (Å²) < 4.78 is 0. The van der Waals surface area contributed by atoms with Gasteiger partial charge in [-0.2, -0.15) is 0 Å². The van der Waals surface area contributed by atoms with E-state index in [9.17, 15) is 0 Å². The van der Waals surface area contributed by atoms with Crippen molar-refractivity contribution in [3.63, 3.8) is 0 Å². The summed E-state index contributed by atoms with van der Waals surface area (Å²) in [5, 5.41) is 0. The van der Waals surface area contributed by atoms with Crippen molar-refractivity contribution in [3.8, 4) is 0 Å². The lowest BCUT2D eigenvalue weighted by molar-refractivity contribution is 0.347. The van der Waals surface area contributed by atoms with Crippen molar-refractivity contribution in [1.29, 1.82) is 0 Å². The average Bonchev–Trinajstić information content (AvgIpc) is 2.62. The summed E-state index contributed by atoms with van der Waals surface area (Å²) in [6.45, 7) is 4.61. The molecule has 1 heterocycles. The molecule has 1 aromatic rings. The molecule has 0 radical (unpaired) electrons. The number of aromatic nitrogens is 2. The van der Waals surface area contributed by atoms with Crippen LogP contribution in [0.2, 0.25) is 0 Å². The van der Waals surface area contributed by atoms with Crippen LogP contribution < -0.4 is 5.73 Å². The second-order valence-electron chi connectivity index (χ2n) is 5.29. The van der Waals surface area contributed by atoms with E-state index in [2.05, 4.69) is 23.8 Å². The van der Waals surface area contributed by atoms with Gasteiger partial charge in [-0.3, -0.25) is 0 Å². The van der Waals surface area contributed by atoms with Crippen LogP contribution in [0.25, 0.3) is 0 Å². The van der Waals surface area contributed by atoms with Gasteiger partial charge in [-0.05, 0) is 43.1 Å². The van der Waals surface area contributed by atoms with Crippen molar-refractivity contribution in [1.82, 2.24) is 9.97 Å². The van der Waals surface area contributed by atoms with E-state index >= 15 is 0 Å². The minimum absolute atomic E-state index is 0.474. The van der Waals surface area contributed by atoms with Gasteiger partial charge in [-0.1, -0.05) is 13.8 Å². The molecular weight excluding hydrogens is 198 g/mol. The minimum Gasteiger partial charge on any atom is -0.368 e. The fourth-order valence-corrected chi connectivity index (χ4v) is 3.64. The topological polar surface area (TPSA) is 51.8 Å². The standard InChI is InChI=1S/C13H19N3/c1-3-9-7(2)6-8-4-5-10-11(8)12(9)16-13(14)15-10/h7-9H,3-6H2,1-2H3,(H2,14,15,16). The smallest absolute Gasteiger partial charge is 0.220 e. The summed E-state index contributed by atoms with van der Waals surface area (Å²) >= 11 is 0. The van der Waals surface area contributed by atoms with E-state index in [0.717, 1.165) is 18.8 Å². The van der Waals surface area contributed by atoms with Crippen molar-refractivity contribution in [2.45, 2.75) is 51.4 Å². The zero-order valence-electron chi connectivity index (χ0n) is 10.0. The van der Waals surface area contributed by atoms with Gasteiger partial charge in [0, 0.05) is 11.6 Å². The zero-order chi connectivity index (χ0) is 11.3. The molecule has 3 unspecified atom stereocenters. The van der Waals surface area contributed by atoms with Gasteiger partial charge in [0.15, 0.2) is 0 Å². The van der Waals surface area contributed by atoms with E-state index in [0.29, 0.717) is 17.8 Å². The van der Waals surface area contributed by atoms with Crippen molar-refractivity contribution >= 4 is 5.95 Å². The molecule has 0 fully saturated rings. The monoisotopic (exact) mass is 217 g/mol. The van der Waals surface area contributed by atoms with Crippen LogP contribution in [0.3, 0.4) is 0 Å². The number of aryl methyl sites for hydroxylation is 1. The lowest BCUT2D eigenvalue weighted by Crippen LogP contribution is -2.22.